The summed E-state index contributed by atoms with van der Waals surface area (Å²) in [7, 11) is 0. The van der Waals surface area contributed by atoms with Gasteiger partial charge >= 0.3 is 0 Å². The molecule has 1 aromatic carbocycles. The van der Waals surface area contributed by atoms with E-state index in [9.17, 15) is 14.7 Å². The topological polar surface area (TPSA) is 104 Å². The fourth-order valence-corrected chi connectivity index (χ4v) is 3.29. The lowest BCUT2D eigenvalue weighted by Gasteiger charge is -2.08. The lowest BCUT2D eigenvalue weighted by molar-refractivity contribution is 0.0846. The molecular weight excluding hydrogens is 378 g/mol. The number of hydrazine groups is 1. The van der Waals surface area contributed by atoms with E-state index in [0.29, 0.717) is 21.3 Å². The van der Waals surface area contributed by atoms with E-state index in [1.807, 2.05) is 13.0 Å². The van der Waals surface area contributed by atoms with Gasteiger partial charge in [0.25, 0.3) is 11.8 Å². The lowest BCUT2D eigenvalue weighted by Crippen LogP contribution is -2.41. The molecule has 0 unspecified atom stereocenters. The van der Waals surface area contributed by atoms with Gasteiger partial charge < -0.3 is 9.52 Å². The Hall–Kier alpha value is -2.84. The average molecular weight is 392 g/mol. The van der Waals surface area contributed by atoms with E-state index >= 15 is 0 Å². The molecule has 9 heteroatoms. The van der Waals surface area contributed by atoms with Gasteiger partial charge in [-0.05, 0) is 44.2 Å². The summed E-state index contributed by atoms with van der Waals surface area (Å²) in [6, 6.07) is 7.63. The van der Waals surface area contributed by atoms with Crippen molar-refractivity contribution in [3.8, 4) is 16.5 Å². The van der Waals surface area contributed by atoms with Crippen molar-refractivity contribution in [1.29, 1.82) is 0 Å². The number of nitrogens with zero attached hydrogens (tertiary/aromatic N) is 1. The highest BCUT2D eigenvalue weighted by Crippen LogP contribution is 2.29. The fraction of sp³-hybridized carbons (Fsp3) is 0.118. The number of rotatable bonds is 3. The van der Waals surface area contributed by atoms with E-state index in [4.69, 9.17) is 16.0 Å². The molecular formula is C17H14ClN3O4S. The first-order valence-electron chi connectivity index (χ1n) is 7.48. The molecule has 0 fully saturated rings. The number of phenols is 1. The molecule has 3 N–H and O–H groups in total. The number of amides is 2. The smallest absolute Gasteiger partial charge is 0.281 e. The number of carbonyl (C=O) groups excluding carboxylic acids is 2. The largest absolute Gasteiger partial charge is 0.507 e. The van der Waals surface area contributed by atoms with Gasteiger partial charge in [0.2, 0.25) is 0 Å². The number of thiazole rings is 1. The first kappa shape index (κ1) is 18.0. The van der Waals surface area contributed by atoms with Crippen LogP contribution in [0.5, 0.6) is 5.75 Å². The summed E-state index contributed by atoms with van der Waals surface area (Å²) in [6.07, 6.45) is 0. The Balaban J connectivity index is 1.71. The molecule has 0 radical (unpaired) electrons. The zero-order chi connectivity index (χ0) is 18.8. The molecule has 3 aromatic rings. The summed E-state index contributed by atoms with van der Waals surface area (Å²) in [5.74, 6) is -0.146. The number of aromatic hydroxyl groups is 1. The van der Waals surface area contributed by atoms with Gasteiger partial charge in [-0.3, -0.25) is 20.4 Å². The molecule has 0 saturated heterocycles. The van der Waals surface area contributed by atoms with Crippen molar-refractivity contribution < 1.29 is 19.1 Å². The third kappa shape index (κ3) is 3.71. The normalized spacial score (nSPS) is 10.6. The second-order valence-electron chi connectivity index (χ2n) is 5.41. The van der Waals surface area contributed by atoms with Crippen molar-refractivity contribution in [3.05, 3.63) is 57.2 Å². The van der Waals surface area contributed by atoms with Crippen LogP contribution in [0.3, 0.4) is 0 Å². The van der Waals surface area contributed by atoms with Gasteiger partial charge in [0.1, 0.15) is 16.4 Å². The van der Waals surface area contributed by atoms with Crippen LogP contribution in [0.15, 0.2) is 34.7 Å². The Morgan fingerprint density at radius 1 is 1.15 bits per heavy atom. The summed E-state index contributed by atoms with van der Waals surface area (Å²) in [4.78, 5) is 29.1. The quantitative estimate of drug-likeness (QED) is 0.593. The molecule has 2 amide bonds. The molecule has 134 valence electrons. The van der Waals surface area contributed by atoms with Crippen molar-refractivity contribution in [2.75, 3.05) is 0 Å². The minimum atomic E-state index is -0.692. The van der Waals surface area contributed by atoms with Crippen molar-refractivity contribution in [3.63, 3.8) is 0 Å². The number of furan rings is 1. The minimum absolute atomic E-state index is 0.0504. The van der Waals surface area contributed by atoms with Crippen molar-refractivity contribution in [2.24, 2.45) is 0 Å². The molecule has 0 aliphatic rings. The number of nitrogens with one attached hydrogen (secondary N) is 2. The number of aryl methyl sites for hydroxylation is 2. The van der Waals surface area contributed by atoms with Gasteiger partial charge in [0, 0.05) is 5.02 Å². The van der Waals surface area contributed by atoms with Crippen LogP contribution in [-0.4, -0.2) is 21.9 Å². The first-order chi connectivity index (χ1) is 12.3. The van der Waals surface area contributed by atoms with Crippen LogP contribution in [0.1, 0.15) is 31.5 Å². The van der Waals surface area contributed by atoms with Crippen LogP contribution in [0.4, 0.5) is 0 Å². The summed E-state index contributed by atoms with van der Waals surface area (Å²) < 4.78 is 5.50. The maximum Gasteiger partial charge on any atom is 0.281 e. The van der Waals surface area contributed by atoms with E-state index in [2.05, 4.69) is 15.8 Å². The maximum atomic E-state index is 12.3. The standard InChI is InChI=1S/C17H14ClN3O4S/c1-8-3-6-13(25-8)17-19-9(2)14(26-17)16(24)21-20-15(23)11-7-10(18)4-5-12(11)22/h3-7,22H,1-2H3,(H,20,23)(H,21,24). The average Bonchev–Trinajstić information content (AvgIpc) is 3.20. The molecule has 7 nitrogen and oxygen atoms in total. The number of phenolic OH excluding ortho intramolecular Hbond substituents is 1. The van der Waals surface area contributed by atoms with Crippen LogP contribution < -0.4 is 10.9 Å². The van der Waals surface area contributed by atoms with Crippen LogP contribution in [0.2, 0.25) is 5.02 Å². The molecule has 26 heavy (non-hydrogen) atoms. The Morgan fingerprint density at radius 2 is 1.88 bits per heavy atom. The van der Waals surface area contributed by atoms with E-state index in [-0.39, 0.29) is 16.3 Å². The van der Waals surface area contributed by atoms with Crippen LogP contribution in [-0.2, 0) is 0 Å². The van der Waals surface area contributed by atoms with Crippen LogP contribution >= 0.6 is 22.9 Å². The molecule has 2 aromatic heterocycles. The molecule has 3 rings (SSSR count). The summed E-state index contributed by atoms with van der Waals surface area (Å²) in [5, 5.41) is 10.6. The molecule has 0 spiro atoms. The van der Waals surface area contributed by atoms with Gasteiger partial charge in [-0.25, -0.2) is 4.98 Å². The predicted molar refractivity (Wildman–Crippen MR) is 97.3 cm³/mol. The monoisotopic (exact) mass is 391 g/mol. The van der Waals surface area contributed by atoms with E-state index in [0.717, 1.165) is 17.1 Å². The lowest BCUT2D eigenvalue weighted by atomic mass is 10.2. The highest BCUT2D eigenvalue weighted by atomic mass is 35.5. The third-order valence-electron chi connectivity index (χ3n) is 3.45. The number of hydrogen-bond donors (Lipinski definition) is 3. The SMILES string of the molecule is Cc1ccc(-c2nc(C)c(C(=O)NNC(=O)c3cc(Cl)ccc3O)s2)o1. The van der Waals surface area contributed by atoms with Crippen molar-refractivity contribution in [2.45, 2.75) is 13.8 Å². The second-order valence-corrected chi connectivity index (χ2v) is 6.85. The fourth-order valence-electron chi connectivity index (χ4n) is 2.19. The molecule has 0 saturated carbocycles. The highest BCUT2D eigenvalue weighted by molar-refractivity contribution is 7.17. The molecule has 0 atom stereocenters. The summed E-state index contributed by atoms with van der Waals surface area (Å²) in [6.45, 7) is 3.51. The molecule has 0 aliphatic carbocycles. The predicted octanol–water partition coefficient (Wildman–Crippen LogP) is 3.45. The number of halogens is 1. The number of carbonyl (C=O) groups is 2. The van der Waals surface area contributed by atoms with Crippen LogP contribution in [0, 0.1) is 13.8 Å². The minimum Gasteiger partial charge on any atom is -0.507 e. The first-order valence-corrected chi connectivity index (χ1v) is 8.68. The van der Waals surface area contributed by atoms with E-state index in [1.165, 1.54) is 18.2 Å². The van der Waals surface area contributed by atoms with E-state index in [1.54, 1.807) is 13.0 Å². The van der Waals surface area contributed by atoms with Gasteiger partial charge in [0.05, 0.1) is 11.3 Å². The van der Waals surface area contributed by atoms with Crippen molar-refractivity contribution >= 4 is 34.8 Å². The third-order valence-corrected chi connectivity index (χ3v) is 4.85. The molecule has 0 aliphatic heterocycles. The van der Waals surface area contributed by atoms with Gasteiger partial charge in [-0.15, -0.1) is 11.3 Å². The zero-order valence-electron chi connectivity index (χ0n) is 13.8. The Labute approximate surface area is 157 Å². The van der Waals surface area contributed by atoms with Gasteiger partial charge in [-0.1, -0.05) is 11.6 Å². The number of hydrogen-bond acceptors (Lipinski definition) is 6. The van der Waals surface area contributed by atoms with Gasteiger partial charge in [0.15, 0.2) is 10.8 Å². The maximum absolute atomic E-state index is 12.3. The highest BCUT2D eigenvalue weighted by Gasteiger charge is 2.19. The zero-order valence-corrected chi connectivity index (χ0v) is 15.4. The molecule has 2 heterocycles. The summed E-state index contributed by atoms with van der Waals surface area (Å²) in [5.41, 5.74) is 5.01. The van der Waals surface area contributed by atoms with Gasteiger partial charge in [-0.2, -0.15) is 0 Å². The second kappa shape index (κ2) is 7.19. The van der Waals surface area contributed by atoms with Crippen molar-refractivity contribution in [1.82, 2.24) is 15.8 Å². The summed E-state index contributed by atoms with van der Waals surface area (Å²) >= 11 is 6.96. The van der Waals surface area contributed by atoms with Crippen LogP contribution in [0.25, 0.3) is 10.8 Å². The Morgan fingerprint density at radius 3 is 2.58 bits per heavy atom. The number of benzene rings is 1. The number of aromatic nitrogens is 1. The Kier molecular flexibility index (Phi) is 4.97. The molecule has 0 bridgehead atoms. The Bertz CT molecular complexity index is 996. The van der Waals surface area contributed by atoms with E-state index < -0.39 is 11.8 Å².